The van der Waals surface area contributed by atoms with Gasteiger partial charge in [-0.2, -0.15) is 5.10 Å². The summed E-state index contributed by atoms with van der Waals surface area (Å²) in [6.45, 7) is 0.404. The highest BCUT2D eigenvalue weighted by atomic mass is 35.5. The average molecular weight is 469 g/mol. The fraction of sp³-hybridized carbons (Fsp3) is 0.167. The number of nitrogens with one attached hydrogen (secondary N) is 3. The summed E-state index contributed by atoms with van der Waals surface area (Å²) in [5.74, 6) is 0.551. The molecule has 3 aromatic carbocycles. The lowest BCUT2D eigenvalue weighted by atomic mass is 10.0. The molecule has 1 heterocycles. The number of carbonyl (C=O) groups is 1. The Kier molecular flexibility index (Phi) is 7.39. The van der Waals surface area contributed by atoms with Crippen molar-refractivity contribution >= 4 is 35.3 Å². The molecule has 164 valence electrons. The summed E-state index contributed by atoms with van der Waals surface area (Å²) in [6, 6.07) is 22.2. The van der Waals surface area contributed by atoms with Crippen molar-refractivity contribution in [2.45, 2.75) is 25.1 Å². The molecule has 0 saturated carbocycles. The number of hydrazone groups is 1. The van der Waals surface area contributed by atoms with Crippen molar-refractivity contribution in [2.24, 2.45) is 5.10 Å². The predicted octanol–water partition coefficient (Wildman–Crippen LogP) is 4.63. The van der Waals surface area contributed by atoms with Gasteiger partial charge in [0, 0.05) is 21.7 Å². The van der Waals surface area contributed by atoms with Crippen LogP contribution in [0, 0.1) is 0 Å². The molecule has 0 bridgehead atoms. The molecule has 1 saturated heterocycles. The molecule has 0 aliphatic carbocycles. The Morgan fingerprint density at radius 2 is 1.78 bits per heavy atom. The summed E-state index contributed by atoms with van der Waals surface area (Å²) < 4.78 is 5.83. The summed E-state index contributed by atoms with van der Waals surface area (Å²) in [7, 11) is 0. The van der Waals surface area contributed by atoms with Gasteiger partial charge in [-0.3, -0.25) is 4.79 Å². The van der Waals surface area contributed by atoms with Crippen molar-refractivity contribution < 1.29 is 9.53 Å². The van der Waals surface area contributed by atoms with Crippen molar-refractivity contribution in [1.82, 2.24) is 16.3 Å². The fourth-order valence-corrected chi connectivity index (χ4v) is 3.63. The number of carbonyl (C=O) groups excluding carboxylic acids is 1. The van der Waals surface area contributed by atoms with Gasteiger partial charge in [-0.1, -0.05) is 65.7 Å². The number of hydrazine groups is 1. The van der Waals surface area contributed by atoms with Crippen LogP contribution in [0.4, 0.5) is 0 Å². The van der Waals surface area contributed by atoms with E-state index in [4.69, 9.17) is 27.9 Å². The van der Waals surface area contributed by atoms with Crippen LogP contribution in [-0.4, -0.2) is 18.2 Å². The highest BCUT2D eigenvalue weighted by Crippen LogP contribution is 2.25. The van der Waals surface area contributed by atoms with Gasteiger partial charge in [-0.05, 0) is 47.9 Å². The van der Waals surface area contributed by atoms with Gasteiger partial charge in [0.05, 0.1) is 6.21 Å². The second kappa shape index (κ2) is 10.6. The van der Waals surface area contributed by atoms with Gasteiger partial charge in [-0.25, -0.2) is 16.3 Å². The molecular formula is C24H22Cl2N4O2. The molecule has 2 unspecified atom stereocenters. The Balaban J connectivity index is 1.26. The quantitative estimate of drug-likeness (QED) is 0.349. The topological polar surface area (TPSA) is 74.8 Å². The van der Waals surface area contributed by atoms with Gasteiger partial charge in [0.1, 0.15) is 18.4 Å². The molecule has 0 spiro atoms. The van der Waals surface area contributed by atoms with Gasteiger partial charge < -0.3 is 4.74 Å². The predicted molar refractivity (Wildman–Crippen MR) is 127 cm³/mol. The molecule has 32 heavy (non-hydrogen) atoms. The first-order valence-corrected chi connectivity index (χ1v) is 10.9. The Morgan fingerprint density at radius 3 is 2.53 bits per heavy atom. The second-order valence-electron chi connectivity index (χ2n) is 7.36. The highest BCUT2D eigenvalue weighted by Gasteiger charge is 2.30. The number of amides is 1. The first-order valence-electron chi connectivity index (χ1n) is 10.1. The minimum Gasteiger partial charge on any atom is -0.489 e. The number of halogens is 2. The van der Waals surface area contributed by atoms with E-state index in [9.17, 15) is 4.79 Å². The Hall–Kier alpha value is -2.90. The molecule has 1 amide bonds. The third kappa shape index (κ3) is 5.87. The Morgan fingerprint density at radius 1 is 1.03 bits per heavy atom. The summed E-state index contributed by atoms with van der Waals surface area (Å²) in [5.41, 5.74) is 11.6. The van der Waals surface area contributed by atoms with E-state index in [1.807, 2.05) is 60.7 Å². The number of ether oxygens (including phenoxy) is 1. The van der Waals surface area contributed by atoms with Crippen LogP contribution in [0.2, 0.25) is 10.0 Å². The van der Waals surface area contributed by atoms with Gasteiger partial charge in [0.15, 0.2) is 0 Å². The van der Waals surface area contributed by atoms with E-state index in [-0.39, 0.29) is 11.9 Å². The number of hydrogen-bond donors (Lipinski definition) is 3. The van der Waals surface area contributed by atoms with Gasteiger partial charge >= 0.3 is 0 Å². The van der Waals surface area contributed by atoms with Crippen LogP contribution in [0.3, 0.4) is 0 Å². The standard InChI is InChI=1S/C24H22Cl2N4O2/c25-19-9-5-16(6-10-19)14-27-30-24(31)23-13-22(28-29-23)17-7-11-20(12-8-17)32-15-18-3-1-2-4-21(18)26/h1-12,14,22-23,28-29H,13,15H2,(H,30,31)/b27-14+. The molecular weight excluding hydrogens is 447 g/mol. The van der Waals surface area contributed by atoms with E-state index in [2.05, 4.69) is 21.4 Å². The van der Waals surface area contributed by atoms with E-state index in [1.165, 1.54) is 0 Å². The second-order valence-corrected chi connectivity index (χ2v) is 8.21. The number of nitrogens with zero attached hydrogens (tertiary/aromatic N) is 1. The highest BCUT2D eigenvalue weighted by molar-refractivity contribution is 6.31. The summed E-state index contributed by atoms with van der Waals surface area (Å²) in [6.07, 6.45) is 2.18. The van der Waals surface area contributed by atoms with Crippen LogP contribution in [0.15, 0.2) is 77.9 Å². The average Bonchev–Trinajstić information content (AvgIpc) is 3.31. The van der Waals surface area contributed by atoms with Crippen LogP contribution in [0.1, 0.15) is 29.2 Å². The Labute approximate surface area is 196 Å². The molecule has 0 radical (unpaired) electrons. The minimum absolute atomic E-state index is 0.00334. The zero-order chi connectivity index (χ0) is 22.3. The van der Waals surface area contributed by atoms with Crippen LogP contribution < -0.4 is 21.0 Å². The molecule has 3 N–H and O–H groups in total. The smallest absolute Gasteiger partial charge is 0.258 e. The lowest BCUT2D eigenvalue weighted by Gasteiger charge is -2.12. The molecule has 4 rings (SSSR count). The van der Waals surface area contributed by atoms with Crippen molar-refractivity contribution in [2.75, 3.05) is 0 Å². The first-order chi connectivity index (χ1) is 15.6. The maximum Gasteiger partial charge on any atom is 0.258 e. The molecule has 1 fully saturated rings. The Bertz CT molecular complexity index is 1090. The zero-order valence-electron chi connectivity index (χ0n) is 17.1. The molecule has 8 heteroatoms. The number of rotatable bonds is 7. The molecule has 6 nitrogen and oxygen atoms in total. The van der Waals surface area contributed by atoms with Crippen LogP contribution in [0.5, 0.6) is 5.75 Å². The molecule has 1 aliphatic heterocycles. The fourth-order valence-electron chi connectivity index (χ4n) is 3.32. The van der Waals surface area contributed by atoms with Crippen LogP contribution >= 0.6 is 23.2 Å². The maximum absolute atomic E-state index is 12.4. The van der Waals surface area contributed by atoms with Crippen molar-refractivity contribution in [3.05, 3.63) is 99.5 Å². The van der Waals surface area contributed by atoms with Gasteiger partial charge in [0.2, 0.25) is 0 Å². The van der Waals surface area contributed by atoms with E-state index in [0.717, 1.165) is 22.4 Å². The third-order valence-corrected chi connectivity index (χ3v) is 5.73. The summed E-state index contributed by atoms with van der Waals surface area (Å²) >= 11 is 12.0. The van der Waals surface area contributed by atoms with Crippen molar-refractivity contribution in [3.63, 3.8) is 0 Å². The first kappa shape index (κ1) is 22.3. The third-order valence-electron chi connectivity index (χ3n) is 5.11. The van der Waals surface area contributed by atoms with Gasteiger partial charge in [-0.15, -0.1) is 0 Å². The molecule has 3 aromatic rings. The van der Waals surface area contributed by atoms with E-state index < -0.39 is 6.04 Å². The molecule has 1 aliphatic rings. The normalized spacial score (nSPS) is 18.1. The maximum atomic E-state index is 12.4. The number of benzene rings is 3. The number of hydrogen-bond acceptors (Lipinski definition) is 5. The lowest BCUT2D eigenvalue weighted by molar-refractivity contribution is -0.122. The van der Waals surface area contributed by atoms with E-state index in [1.54, 1.807) is 18.3 Å². The van der Waals surface area contributed by atoms with E-state index in [0.29, 0.717) is 23.1 Å². The molecule has 0 aromatic heterocycles. The molecule has 2 atom stereocenters. The lowest BCUT2D eigenvalue weighted by Crippen LogP contribution is -2.41. The summed E-state index contributed by atoms with van der Waals surface area (Å²) in [4.78, 5) is 12.4. The summed E-state index contributed by atoms with van der Waals surface area (Å²) in [5, 5.41) is 5.35. The van der Waals surface area contributed by atoms with Gasteiger partial charge in [0.25, 0.3) is 5.91 Å². The zero-order valence-corrected chi connectivity index (χ0v) is 18.6. The van der Waals surface area contributed by atoms with Crippen molar-refractivity contribution in [1.29, 1.82) is 0 Å². The monoisotopic (exact) mass is 468 g/mol. The van der Waals surface area contributed by atoms with Crippen LogP contribution in [0.25, 0.3) is 0 Å². The SMILES string of the molecule is O=C(N/N=C/c1ccc(Cl)cc1)C1CC(c2ccc(OCc3ccccc3Cl)cc2)NN1. The van der Waals surface area contributed by atoms with Crippen LogP contribution in [-0.2, 0) is 11.4 Å². The largest absolute Gasteiger partial charge is 0.489 e. The van der Waals surface area contributed by atoms with E-state index >= 15 is 0 Å². The van der Waals surface area contributed by atoms with Crippen molar-refractivity contribution in [3.8, 4) is 5.75 Å². The minimum atomic E-state index is -0.390.